The molecule has 0 saturated heterocycles. The van der Waals surface area contributed by atoms with Crippen molar-refractivity contribution in [3.8, 4) is 11.5 Å². The van der Waals surface area contributed by atoms with Crippen molar-refractivity contribution in [3.05, 3.63) is 108 Å². The van der Waals surface area contributed by atoms with Crippen LogP contribution >= 0.6 is 0 Å². The Balaban J connectivity index is 1.25. The van der Waals surface area contributed by atoms with Gasteiger partial charge in [-0.2, -0.15) is 0 Å². The summed E-state index contributed by atoms with van der Waals surface area (Å²) in [6.45, 7) is 0.301. The second-order valence-electron chi connectivity index (χ2n) is 10.6. The topological polar surface area (TPSA) is 49.7 Å². The van der Waals surface area contributed by atoms with Gasteiger partial charge < -0.3 is 14.9 Å². The summed E-state index contributed by atoms with van der Waals surface area (Å²) in [4.78, 5) is 0. The summed E-state index contributed by atoms with van der Waals surface area (Å²) in [5.41, 5.74) is 2.34. The van der Waals surface area contributed by atoms with Gasteiger partial charge in [0.25, 0.3) is 0 Å². The van der Waals surface area contributed by atoms with Gasteiger partial charge in [0, 0.05) is 13.2 Å². The molecule has 0 amide bonds. The number of benzene rings is 8. The lowest BCUT2D eigenvalue weighted by Crippen LogP contribution is -1.94. The van der Waals surface area contributed by atoms with Crippen LogP contribution in [0.15, 0.2) is 97.1 Å². The van der Waals surface area contributed by atoms with Gasteiger partial charge >= 0.3 is 0 Å². The van der Waals surface area contributed by atoms with Crippen LogP contribution in [0.5, 0.6) is 11.5 Å². The van der Waals surface area contributed by atoms with Crippen molar-refractivity contribution in [3.63, 3.8) is 0 Å². The quantitative estimate of drug-likeness (QED) is 0.223. The second kappa shape index (κ2) is 8.54. The Kier molecular flexibility index (Phi) is 4.93. The molecule has 8 rings (SSSR count). The van der Waals surface area contributed by atoms with Crippen molar-refractivity contribution in [2.75, 3.05) is 13.2 Å². The fourth-order valence-corrected chi connectivity index (χ4v) is 6.59. The smallest absolute Gasteiger partial charge is 0.128 e. The molecule has 8 aromatic carbocycles. The third-order valence-electron chi connectivity index (χ3n) is 8.25. The molecular formula is C36H26O3. The largest absolute Gasteiger partial charge is 0.457 e. The first kappa shape index (κ1) is 22.5. The van der Waals surface area contributed by atoms with E-state index in [-0.39, 0.29) is 13.2 Å². The summed E-state index contributed by atoms with van der Waals surface area (Å²) < 4.78 is 6.53. The highest BCUT2D eigenvalue weighted by atomic mass is 16.5. The molecule has 8 aromatic rings. The molecule has 0 spiro atoms. The summed E-state index contributed by atoms with van der Waals surface area (Å²) in [6, 6.07) is 34.6. The summed E-state index contributed by atoms with van der Waals surface area (Å²) >= 11 is 0. The lowest BCUT2D eigenvalue weighted by molar-refractivity contribution is 0.299. The van der Waals surface area contributed by atoms with Gasteiger partial charge in [-0.1, -0.05) is 72.8 Å². The average molecular weight is 507 g/mol. The summed E-state index contributed by atoms with van der Waals surface area (Å²) in [7, 11) is 0. The average Bonchev–Trinajstić information content (AvgIpc) is 2.95. The van der Waals surface area contributed by atoms with E-state index in [9.17, 15) is 10.2 Å². The van der Waals surface area contributed by atoms with Gasteiger partial charge in [0.1, 0.15) is 11.5 Å². The zero-order valence-corrected chi connectivity index (χ0v) is 21.4. The highest BCUT2D eigenvalue weighted by Gasteiger charge is 2.14. The van der Waals surface area contributed by atoms with Crippen molar-refractivity contribution < 1.29 is 14.9 Å². The van der Waals surface area contributed by atoms with Crippen LogP contribution in [0.3, 0.4) is 0 Å². The molecule has 2 N–H and O–H groups in total. The summed E-state index contributed by atoms with van der Waals surface area (Å²) in [5.74, 6) is 1.64. The van der Waals surface area contributed by atoms with Gasteiger partial charge in [0.15, 0.2) is 0 Å². The van der Waals surface area contributed by atoms with Crippen LogP contribution in [-0.4, -0.2) is 23.4 Å². The van der Waals surface area contributed by atoms with Crippen molar-refractivity contribution in [1.29, 1.82) is 0 Å². The Hall–Kier alpha value is -4.44. The number of hydrogen-bond acceptors (Lipinski definition) is 3. The van der Waals surface area contributed by atoms with Crippen LogP contribution in [0.1, 0.15) is 11.1 Å². The number of ether oxygens (including phenoxy) is 1. The second-order valence-corrected chi connectivity index (χ2v) is 10.6. The molecule has 0 unspecified atom stereocenters. The summed E-state index contributed by atoms with van der Waals surface area (Å²) in [5, 5.41) is 33.4. The third-order valence-corrected chi connectivity index (χ3v) is 8.25. The van der Waals surface area contributed by atoms with E-state index in [1.54, 1.807) is 0 Å². The molecule has 0 aromatic heterocycles. The minimum Gasteiger partial charge on any atom is -0.457 e. The predicted molar refractivity (Wildman–Crippen MR) is 162 cm³/mol. The Bertz CT molecular complexity index is 2090. The molecule has 0 fully saturated rings. The maximum absolute atomic E-state index is 9.55. The lowest BCUT2D eigenvalue weighted by atomic mass is 9.91. The van der Waals surface area contributed by atoms with Crippen LogP contribution in [0, 0.1) is 0 Å². The Morgan fingerprint density at radius 3 is 1.41 bits per heavy atom. The number of aliphatic hydroxyl groups is 2. The molecule has 0 aliphatic rings. The first-order valence-corrected chi connectivity index (χ1v) is 13.5. The molecule has 0 radical (unpaired) electrons. The Morgan fingerprint density at radius 2 is 0.872 bits per heavy atom. The van der Waals surface area contributed by atoms with E-state index in [0.717, 1.165) is 38.6 Å². The fraction of sp³-hybridized carbons (Fsp3) is 0.111. The Morgan fingerprint density at radius 1 is 0.436 bits per heavy atom. The van der Waals surface area contributed by atoms with Crippen molar-refractivity contribution >= 4 is 64.6 Å². The molecule has 3 nitrogen and oxygen atoms in total. The zero-order chi connectivity index (χ0) is 26.1. The van der Waals surface area contributed by atoms with Gasteiger partial charge in [-0.25, -0.2) is 0 Å². The molecule has 0 bridgehead atoms. The molecule has 0 heterocycles. The van der Waals surface area contributed by atoms with Crippen LogP contribution in [0.2, 0.25) is 0 Å². The highest BCUT2D eigenvalue weighted by molar-refractivity contribution is 6.25. The van der Waals surface area contributed by atoms with E-state index in [1.165, 1.54) is 48.7 Å². The minimum atomic E-state index is 0.146. The molecule has 0 saturated carbocycles. The van der Waals surface area contributed by atoms with E-state index < -0.39 is 0 Å². The SMILES string of the molecule is OCCc1cc2ccc3cc(Oc4cc5ccc6ccc(CCO)c7ccc(c4)c5c67)cc4ccc(c1)c2c34. The van der Waals surface area contributed by atoms with E-state index in [0.29, 0.717) is 12.8 Å². The van der Waals surface area contributed by atoms with Crippen LogP contribution < -0.4 is 4.74 Å². The predicted octanol–water partition coefficient (Wildman–Crippen LogP) is 8.34. The third kappa shape index (κ3) is 3.44. The molecule has 0 aliphatic heterocycles. The number of hydrogen-bond donors (Lipinski definition) is 2. The molecule has 188 valence electrons. The van der Waals surface area contributed by atoms with Gasteiger partial charge in [-0.15, -0.1) is 0 Å². The van der Waals surface area contributed by atoms with Gasteiger partial charge in [0.05, 0.1) is 0 Å². The van der Waals surface area contributed by atoms with Gasteiger partial charge in [0.2, 0.25) is 0 Å². The molecule has 0 atom stereocenters. The van der Waals surface area contributed by atoms with Crippen LogP contribution in [0.25, 0.3) is 64.6 Å². The maximum atomic E-state index is 9.55. The number of rotatable bonds is 6. The first-order chi connectivity index (χ1) is 19.2. The monoisotopic (exact) mass is 506 g/mol. The van der Waals surface area contributed by atoms with Crippen molar-refractivity contribution in [1.82, 2.24) is 0 Å². The van der Waals surface area contributed by atoms with Crippen molar-refractivity contribution in [2.24, 2.45) is 0 Å². The summed E-state index contributed by atoms with van der Waals surface area (Å²) in [6.07, 6.45) is 1.32. The Labute approximate surface area is 225 Å². The molecule has 0 aliphatic carbocycles. The highest BCUT2D eigenvalue weighted by Crippen LogP contribution is 2.41. The van der Waals surface area contributed by atoms with Crippen molar-refractivity contribution in [2.45, 2.75) is 12.8 Å². The van der Waals surface area contributed by atoms with E-state index >= 15 is 0 Å². The van der Waals surface area contributed by atoms with E-state index in [1.807, 2.05) is 0 Å². The van der Waals surface area contributed by atoms with Gasteiger partial charge in [-0.3, -0.25) is 0 Å². The zero-order valence-electron chi connectivity index (χ0n) is 21.4. The van der Waals surface area contributed by atoms with E-state index in [4.69, 9.17) is 4.74 Å². The minimum absolute atomic E-state index is 0.146. The van der Waals surface area contributed by atoms with Crippen LogP contribution in [0.4, 0.5) is 0 Å². The van der Waals surface area contributed by atoms with Gasteiger partial charge in [-0.05, 0) is 113 Å². The lowest BCUT2D eigenvalue weighted by Gasteiger charge is -2.16. The van der Waals surface area contributed by atoms with E-state index in [2.05, 4.69) is 97.1 Å². The van der Waals surface area contributed by atoms with Crippen LogP contribution in [-0.2, 0) is 12.8 Å². The maximum Gasteiger partial charge on any atom is 0.128 e. The number of aliphatic hydroxyl groups excluding tert-OH is 2. The first-order valence-electron chi connectivity index (χ1n) is 13.5. The molecule has 39 heavy (non-hydrogen) atoms. The molecular weight excluding hydrogens is 480 g/mol. The molecule has 3 heteroatoms. The standard InChI is InChI=1S/C36H26O3/c37-13-11-21-15-24-5-7-26-17-30(18-27-8-6-25(16-21)33(24)34(26)27)39-31-19-28-4-3-23-2-1-22(12-14-38)32-10-9-29(20-31)35(28)36(23)32/h1-10,15-20,37-38H,11-14H2. The fourth-order valence-electron chi connectivity index (χ4n) is 6.59. The normalized spacial score (nSPS) is 12.3.